The summed E-state index contributed by atoms with van der Waals surface area (Å²) in [5.74, 6) is 0.763. The molecule has 1 rings (SSSR count). The van der Waals surface area contributed by atoms with Gasteiger partial charge in [0.2, 0.25) is 0 Å². The van der Waals surface area contributed by atoms with Crippen molar-refractivity contribution in [1.29, 1.82) is 0 Å². The zero-order valence-electron chi connectivity index (χ0n) is 10.8. The number of para-hydroxylation sites is 1. The Bertz CT molecular complexity index is 412. The Morgan fingerprint density at radius 1 is 1.44 bits per heavy atom. The van der Waals surface area contributed by atoms with Crippen LogP contribution in [0.1, 0.15) is 12.5 Å². The summed E-state index contributed by atoms with van der Waals surface area (Å²) in [6.45, 7) is 5.66. The minimum atomic E-state index is -0.395. The predicted molar refractivity (Wildman–Crippen MR) is 69.0 cm³/mol. The van der Waals surface area contributed by atoms with Crippen molar-refractivity contribution in [2.75, 3.05) is 20.3 Å². The van der Waals surface area contributed by atoms with Gasteiger partial charge in [0.15, 0.2) is 18.1 Å². The molecule has 0 amide bonds. The van der Waals surface area contributed by atoms with E-state index in [1.54, 1.807) is 26.2 Å². The van der Waals surface area contributed by atoms with Crippen LogP contribution in [0.4, 0.5) is 0 Å². The maximum absolute atomic E-state index is 11.3. The number of allylic oxidation sites excluding steroid dienone is 1. The summed E-state index contributed by atoms with van der Waals surface area (Å²) in [6.07, 6.45) is 2.42. The number of ether oxygens (including phenoxy) is 3. The van der Waals surface area contributed by atoms with Crippen molar-refractivity contribution < 1.29 is 19.0 Å². The lowest BCUT2D eigenvalue weighted by Crippen LogP contribution is -2.15. The number of hydrogen-bond donors (Lipinski definition) is 0. The Morgan fingerprint density at radius 2 is 2.22 bits per heavy atom. The first-order valence-corrected chi connectivity index (χ1v) is 5.78. The summed E-state index contributed by atoms with van der Waals surface area (Å²) in [4.78, 5) is 11.3. The summed E-state index contributed by atoms with van der Waals surface area (Å²) in [6, 6.07) is 5.56. The van der Waals surface area contributed by atoms with Gasteiger partial charge in [0.25, 0.3) is 0 Å². The number of carbonyl (C=O) groups excluding carboxylic acids is 1. The van der Waals surface area contributed by atoms with E-state index in [2.05, 4.69) is 6.58 Å². The van der Waals surface area contributed by atoms with Crippen molar-refractivity contribution >= 4 is 5.97 Å². The predicted octanol–water partition coefficient (Wildman–Crippen LogP) is 2.37. The zero-order valence-corrected chi connectivity index (χ0v) is 10.8. The fraction of sp³-hybridized carbons (Fsp3) is 0.357. The summed E-state index contributed by atoms with van der Waals surface area (Å²) in [5, 5.41) is 0. The van der Waals surface area contributed by atoms with Crippen LogP contribution in [0.15, 0.2) is 30.9 Å². The molecular weight excluding hydrogens is 232 g/mol. The van der Waals surface area contributed by atoms with Gasteiger partial charge in [-0.25, -0.2) is 4.79 Å². The first kappa shape index (κ1) is 14.1. The van der Waals surface area contributed by atoms with Crippen molar-refractivity contribution in [3.8, 4) is 11.5 Å². The van der Waals surface area contributed by atoms with E-state index >= 15 is 0 Å². The van der Waals surface area contributed by atoms with Crippen LogP contribution in [0.3, 0.4) is 0 Å². The van der Waals surface area contributed by atoms with E-state index in [0.717, 1.165) is 5.56 Å². The van der Waals surface area contributed by atoms with Crippen LogP contribution in [-0.2, 0) is 16.0 Å². The molecule has 98 valence electrons. The van der Waals surface area contributed by atoms with Gasteiger partial charge in [-0.15, -0.1) is 6.58 Å². The molecule has 0 aromatic heterocycles. The van der Waals surface area contributed by atoms with Crippen LogP contribution in [0.5, 0.6) is 11.5 Å². The lowest BCUT2D eigenvalue weighted by atomic mass is 10.1. The maximum Gasteiger partial charge on any atom is 0.344 e. The summed E-state index contributed by atoms with van der Waals surface area (Å²) < 4.78 is 15.5. The Kier molecular flexibility index (Phi) is 5.77. The smallest absolute Gasteiger partial charge is 0.344 e. The molecule has 4 nitrogen and oxygen atoms in total. The van der Waals surface area contributed by atoms with Crippen molar-refractivity contribution in [2.24, 2.45) is 0 Å². The minimum absolute atomic E-state index is 0.127. The van der Waals surface area contributed by atoms with Gasteiger partial charge >= 0.3 is 5.97 Å². The number of hydrogen-bond acceptors (Lipinski definition) is 4. The van der Waals surface area contributed by atoms with Crippen LogP contribution in [-0.4, -0.2) is 26.3 Å². The van der Waals surface area contributed by atoms with E-state index in [1.807, 2.05) is 12.1 Å². The van der Waals surface area contributed by atoms with E-state index < -0.39 is 5.97 Å². The molecular formula is C14H18O4. The number of methoxy groups -OCH3 is 1. The normalized spacial score (nSPS) is 9.67. The third-order valence-corrected chi connectivity index (χ3v) is 2.28. The lowest BCUT2D eigenvalue weighted by molar-refractivity contribution is -0.145. The van der Waals surface area contributed by atoms with Crippen LogP contribution < -0.4 is 9.47 Å². The van der Waals surface area contributed by atoms with E-state index in [0.29, 0.717) is 24.5 Å². The summed E-state index contributed by atoms with van der Waals surface area (Å²) in [5.41, 5.74) is 0.925. The number of esters is 1. The molecule has 0 heterocycles. The highest BCUT2D eigenvalue weighted by Crippen LogP contribution is 2.31. The monoisotopic (exact) mass is 250 g/mol. The third kappa shape index (κ3) is 3.80. The fourth-order valence-electron chi connectivity index (χ4n) is 1.54. The Morgan fingerprint density at radius 3 is 2.83 bits per heavy atom. The topological polar surface area (TPSA) is 44.8 Å². The first-order valence-electron chi connectivity index (χ1n) is 5.78. The Balaban J connectivity index is 2.83. The second-order valence-corrected chi connectivity index (χ2v) is 3.54. The van der Waals surface area contributed by atoms with Crippen molar-refractivity contribution in [1.82, 2.24) is 0 Å². The van der Waals surface area contributed by atoms with Gasteiger partial charge in [-0.05, 0) is 19.4 Å². The number of carbonyl (C=O) groups is 1. The maximum atomic E-state index is 11.3. The molecule has 18 heavy (non-hydrogen) atoms. The highest BCUT2D eigenvalue weighted by atomic mass is 16.6. The van der Waals surface area contributed by atoms with Gasteiger partial charge in [-0.2, -0.15) is 0 Å². The minimum Gasteiger partial charge on any atom is -0.493 e. The molecule has 1 aromatic carbocycles. The quantitative estimate of drug-likeness (QED) is 0.550. The van der Waals surface area contributed by atoms with E-state index in [9.17, 15) is 4.79 Å². The van der Waals surface area contributed by atoms with Crippen LogP contribution in [0.25, 0.3) is 0 Å². The molecule has 0 saturated heterocycles. The highest BCUT2D eigenvalue weighted by molar-refractivity contribution is 5.71. The molecule has 0 N–H and O–H groups in total. The van der Waals surface area contributed by atoms with E-state index in [-0.39, 0.29) is 6.61 Å². The molecule has 0 saturated carbocycles. The van der Waals surface area contributed by atoms with E-state index in [1.165, 1.54) is 0 Å². The van der Waals surface area contributed by atoms with Gasteiger partial charge in [0.05, 0.1) is 13.7 Å². The second-order valence-electron chi connectivity index (χ2n) is 3.54. The van der Waals surface area contributed by atoms with Gasteiger partial charge < -0.3 is 14.2 Å². The van der Waals surface area contributed by atoms with Gasteiger partial charge in [-0.1, -0.05) is 18.2 Å². The second kappa shape index (κ2) is 7.37. The zero-order chi connectivity index (χ0) is 13.4. The molecule has 0 radical (unpaired) electrons. The average molecular weight is 250 g/mol. The molecule has 0 atom stereocenters. The number of rotatable bonds is 7. The highest BCUT2D eigenvalue weighted by Gasteiger charge is 2.12. The molecule has 0 fully saturated rings. The van der Waals surface area contributed by atoms with Crippen LogP contribution in [0, 0.1) is 0 Å². The summed E-state index contributed by atoms with van der Waals surface area (Å²) >= 11 is 0. The van der Waals surface area contributed by atoms with Crippen LogP contribution in [0.2, 0.25) is 0 Å². The number of benzene rings is 1. The molecule has 0 aliphatic rings. The summed E-state index contributed by atoms with van der Waals surface area (Å²) in [7, 11) is 1.56. The fourth-order valence-corrected chi connectivity index (χ4v) is 1.54. The van der Waals surface area contributed by atoms with Gasteiger partial charge in [0, 0.05) is 5.56 Å². The first-order chi connectivity index (χ1) is 8.72. The molecule has 0 bridgehead atoms. The largest absolute Gasteiger partial charge is 0.493 e. The Labute approximate surface area is 107 Å². The molecule has 0 aliphatic heterocycles. The van der Waals surface area contributed by atoms with Gasteiger partial charge in [-0.3, -0.25) is 0 Å². The molecule has 0 aliphatic carbocycles. The third-order valence-electron chi connectivity index (χ3n) is 2.28. The van der Waals surface area contributed by atoms with Crippen LogP contribution >= 0.6 is 0 Å². The van der Waals surface area contributed by atoms with Crippen molar-refractivity contribution in [3.05, 3.63) is 36.4 Å². The van der Waals surface area contributed by atoms with Gasteiger partial charge in [0.1, 0.15) is 0 Å². The SMILES string of the molecule is C=CCc1cccc(OC)c1OCC(=O)OCC. The lowest BCUT2D eigenvalue weighted by Gasteiger charge is -2.13. The molecule has 0 unspecified atom stereocenters. The molecule has 4 heteroatoms. The van der Waals surface area contributed by atoms with E-state index in [4.69, 9.17) is 14.2 Å². The average Bonchev–Trinajstić information content (AvgIpc) is 2.37. The standard InChI is InChI=1S/C14H18O4/c1-4-7-11-8-6-9-12(16-3)14(11)18-10-13(15)17-5-2/h4,6,8-9H,1,5,7,10H2,2-3H3. The Hall–Kier alpha value is -1.97. The van der Waals surface area contributed by atoms with Crippen molar-refractivity contribution in [2.45, 2.75) is 13.3 Å². The molecule has 0 spiro atoms. The molecule has 1 aromatic rings. The van der Waals surface area contributed by atoms with Crippen molar-refractivity contribution in [3.63, 3.8) is 0 Å².